The molecule has 0 saturated carbocycles. The van der Waals surface area contributed by atoms with Gasteiger partial charge in [0, 0.05) is 6.08 Å². The third kappa shape index (κ3) is 5.72. The topological polar surface area (TPSA) is 52.6 Å². The van der Waals surface area contributed by atoms with E-state index < -0.39 is 18.0 Å². The Morgan fingerprint density at radius 3 is 2.32 bits per heavy atom. The van der Waals surface area contributed by atoms with Gasteiger partial charge in [-0.25, -0.2) is 4.79 Å². The Labute approximate surface area is 132 Å². The highest BCUT2D eigenvalue weighted by atomic mass is 16.6. The number of carbonyl (C=O) groups is 2. The van der Waals surface area contributed by atoms with Crippen molar-refractivity contribution in [2.24, 2.45) is 5.92 Å². The Morgan fingerprint density at radius 2 is 1.77 bits per heavy atom. The van der Waals surface area contributed by atoms with Crippen molar-refractivity contribution in [3.05, 3.63) is 42.0 Å². The lowest BCUT2D eigenvalue weighted by atomic mass is 9.97. The number of ether oxygens (including phenoxy) is 2. The van der Waals surface area contributed by atoms with Crippen LogP contribution in [0.15, 0.2) is 36.4 Å². The van der Waals surface area contributed by atoms with Crippen molar-refractivity contribution < 1.29 is 19.1 Å². The average molecular weight is 304 g/mol. The Balaban J connectivity index is 2.66. The van der Waals surface area contributed by atoms with Gasteiger partial charge in [0.1, 0.15) is 6.10 Å². The lowest BCUT2D eigenvalue weighted by Crippen LogP contribution is -2.32. The summed E-state index contributed by atoms with van der Waals surface area (Å²) in [5, 5.41) is 0. The fourth-order valence-corrected chi connectivity index (χ4v) is 2.20. The van der Waals surface area contributed by atoms with Gasteiger partial charge in [-0.3, -0.25) is 4.79 Å². The zero-order valence-corrected chi connectivity index (χ0v) is 13.5. The molecule has 1 aromatic rings. The summed E-state index contributed by atoms with van der Waals surface area (Å²) >= 11 is 0. The minimum atomic E-state index is -0.461. The first kappa shape index (κ1) is 18.0. The van der Waals surface area contributed by atoms with Gasteiger partial charge in [-0.2, -0.15) is 0 Å². The van der Waals surface area contributed by atoms with Gasteiger partial charge in [0.05, 0.1) is 12.5 Å². The molecular formula is C18H24O4. The summed E-state index contributed by atoms with van der Waals surface area (Å²) in [4.78, 5) is 23.8. The molecule has 4 nitrogen and oxygen atoms in total. The first-order valence-electron chi connectivity index (χ1n) is 7.72. The molecule has 22 heavy (non-hydrogen) atoms. The highest BCUT2D eigenvalue weighted by molar-refractivity contribution is 5.87. The predicted molar refractivity (Wildman–Crippen MR) is 86.1 cm³/mol. The van der Waals surface area contributed by atoms with Gasteiger partial charge in [0.15, 0.2) is 0 Å². The molecule has 0 spiro atoms. The summed E-state index contributed by atoms with van der Waals surface area (Å²) < 4.78 is 10.5. The van der Waals surface area contributed by atoms with Crippen molar-refractivity contribution in [1.29, 1.82) is 0 Å². The lowest BCUT2D eigenvalue weighted by Gasteiger charge is -2.23. The van der Waals surface area contributed by atoms with Crippen molar-refractivity contribution in [3.8, 4) is 0 Å². The normalized spacial score (nSPS) is 13.6. The number of esters is 2. The van der Waals surface area contributed by atoms with Crippen LogP contribution in [0.5, 0.6) is 0 Å². The monoisotopic (exact) mass is 304 g/mol. The molecule has 0 saturated heterocycles. The van der Waals surface area contributed by atoms with Crippen LogP contribution in [0, 0.1) is 5.92 Å². The molecule has 0 radical (unpaired) electrons. The number of hydrogen-bond donors (Lipinski definition) is 0. The van der Waals surface area contributed by atoms with Gasteiger partial charge in [0.2, 0.25) is 0 Å². The summed E-state index contributed by atoms with van der Waals surface area (Å²) in [6, 6.07) is 9.50. The van der Waals surface area contributed by atoms with E-state index in [2.05, 4.69) is 0 Å². The molecule has 0 aliphatic rings. The molecule has 2 atom stereocenters. The third-order valence-corrected chi connectivity index (χ3v) is 3.36. The van der Waals surface area contributed by atoms with Crippen molar-refractivity contribution >= 4 is 18.0 Å². The lowest BCUT2D eigenvalue weighted by molar-refractivity contribution is -0.159. The van der Waals surface area contributed by atoms with E-state index in [0.29, 0.717) is 19.4 Å². The van der Waals surface area contributed by atoms with E-state index in [4.69, 9.17) is 9.47 Å². The molecule has 0 N–H and O–H groups in total. The minimum absolute atomic E-state index is 0.309. The summed E-state index contributed by atoms with van der Waals surface area (Å²) in [7, 11) is 0. The van der Waals surface area contributed by atoms with E-state index in [9.17, 15) is 9.59 Å². The van der Waals surface area contributed by atoms with Gasteiger partial charge < -0.3 is 9.47 Å². The van der Waals surface area contributed by atoms with Gasteiger partial charge in [0.25, 0.3) is 0 Å². The van der Waals surface area contributed by atoms with Crippen LogP contribution in [0.4, 0.5) is 0 Å². The molecule has 0 heterocycles. The van der Waals surface area contributed by atoms with Gasteiger partial charge in [-0.1, -0.05) is 44.2 Å². The van der Waals surface area contributed by atoms with E-state index in [1.165, 1.54) is 6.08 Å². The van der Waals surface area contributed by atoms with Crippen LogP contribution in [0.1, 0.15) is 39.2 Å². The molecule has 2 unspecified atom stereocenters. The molecule has 0 aliphatic carbocycles. The van der Waals surface area contributed by atoms with Crippen LogP contribution >= 0.6 is 0 Å². The van der Waals surface area contributed by atoms with Crippen molar-refractivity contribution in [2.45, 2.75) is 39.7 Å². The number of benzene rings is 1. The maximum absolute atomic E-state index is 11.9. The first-order valence-corrected chi connectivity index (χ1v) is 7.72. The second kappa shape index (κ2) is 9.77. The Kier molecular flexibility index (Phi) is 7.97. The molecule has 0 aromatic heterocycles. The fourth-order valence-electron chi connectivity index (χ4n) is 2.20. The molecule has 0 bridgehead atoms. The minimum Gasteiger partial charge on any atom is -0.466 e. The van der Waals surface area contributed by atoms with Crippen LogP contribution < -0.4 is 0 Å². The summed E-state index contributed by atoms with van der Waals surface area (Å²) in [5.74, 6) is -1.17. The number of carbonyl (C=O) groups excluding carboxylic acids is 2. The summed E-state index contributed by atoms with van der Waals surface area (Å²) in [6.07, 6.45) is 3.77. The molecule has 0 amide bonds. The third-order valence-electron chi connectivity index (χ3n) is 3.36. The first-order chi connectivity index (χ1) is 10.6. The number of rotatable bonds is 8. The largest absolute Gasteiger partial charge is 0.466 e. The maximum Gasteiger partial charge on any atom is 0.331 e. The van der Waals surface area contributed by atoms with E-state index in [-0.39, 0.29) is 5.97 Å². The quantitative estimate of drug-likeness (QED) is 0.544. The summed E-state index contributed by atoms with van der Waals surface area (Å²) in [5.41, 5.74) is 0.921. The Morgan fingerprint density at radius 1 is 1.09 bits per heavy atom. The second-order valence-electron chi connectivity index (χ2n) is 4.89. The van der Waals surface area contributed by atoms with Crippen LogP contribution in [0.25, 0.3) is 6.08 Å². The van der Waals surface area contributed by atoms with E-state index in [0.717, 1.165) is 5.56 Å². The Bertz CT molecular complexity index is 493. The Hall–Kier alpha value is -2.10. The van der Waals surface area contributed by atoms with Crippen molar-refractivity contribution in [2.75, 3.05) is 6.61 Å². The zero-order valence-electron chi connectivity index (χ0n) is 13.5. The van der Waals surface area contributed by atoms with Crippen LogP contribution in [0.2, 0.25) is 0 Å². The molecule has 1 rings (SSSR count). The molecule has 120 valence electrons. The molecule has 0 fully saturated rings. The fraction of sp³-hybridized carbons (Fsp3) is 0.444. The van der Waals surface area contributed by atoms with E-state index in [1.807, 2.05) is 44.2 Å². The van der Waals surface area contributed by atoms with Crippen molar-refractivity contribution in [1.82, 2.24) is 0 Å². The highest BCUT2D eigenvalue weighted by Gasteiger charge is 2.29. The van der Waals surface area contributed by atoms with Crippen molar-refractivity contribution in [3.63, 3.8) is 0 Å². The SMILES string of the molecule is CCOC(=O)C(CC)C(CC)OC(=O)C=Cc1ccccc1. The smallest absolute Gasteiger partial charge is 0.331 e. The number of hydrogen-bond acceptors (Lipinski definition) is 4. The molecule has 1 aromatic carbocycles. The second-order valence-corrected chi connectivity index (χ2v) is 4.89. The molecule has 0 aliphatic heterocycles. The molecular weight excluding hydrogens is 280 g/mol. The average Bonchev–Trinajstić information content (AvgIpc) is 2.54. The zero-order chi connectivity index (χ0) is 16.4. The predicted octanol–water partition coefficient (Wildman–Crippen LogP) is 3.61. The molecule has 4 heteroatoms. The summed E-state index contributed by atoms with van der Waals surface area (Å²) in [6.45, 7) is 5.87. The van der Waals surface area contributed by atoms with Crippen LogP contribution in [-0.4, -0.2) is 24.6 Å². The standard InChI is InChI=1S/C18H24O4/c1-4-15(18(20)21-6-3)16(5-2)22-17(19)13-12-14-10-8-7-9-11-14/h7-13,15-16H,4-6H2,1-3H3. The van der Waals surface area contributed by atoms with Gasteiger partial charge >= 0.3 is 11.9 Å². The van der Waals surface area contributed by atoms with Gasteiger partial charge in [-0.05, 0) is 31.4 Å². The van der Waals surface area contributed by atoms with Gasteiger partial charge in [-0.15, -0.1) is 0 Å². The highest BCUT2D eigenvalue weighted by Crippen LogP contribution is 2.18. The van der Waals surface area contributed by atoms with Crippen LogP contribution in [0.3, 0.4) is 0 Å². The van der Waals surface area contributed by atoms with Crippen LogP contribution in [-0.2, 0) is 19.1 Å². The van der Waals surface area contributed by atoms with E-state index >= 15 is 0 Å². The van der Waals surface area contributed by atoms with E-state index in [1.54, 1.807) is 13.0 Å². The maximum atomic E-state index is 11.9.